The van der Waals surface area contributed by atoms with E-state index in [0.717, 1.165) is 4.90 Å². The summed E-state index contributed by atoms with van der Waals surface area (Å²) in [6, 6.07) is 17.6. The SMILES string of the molecule is COc1cccc(OC)c1C(=O)Nc1cccc(SCC(=O)c2ccc3c(c2)OCO3)c1. The Morgan fingerprint density at radius 3 is 2.41 bits per heavy atom. The Morgan fingerprint density at radius 2 is 1.66 bits per heavy atom. The van der Waals surface area contributed by atoms with Gasteiger partial charge in [-0.05, 0) is 48.5 Å². The summed E-state index contributed by atoms with van der Waals surface area (Å²) in [5, 5.41) is 2.87. The molecule has 164 valence electrons. The van der Waals surface area contributed by atoms with E-state index in [1.165, 1.54) is 26.0 Å². The number of fused-ring (bicyclic) bond motifs is 1. The predicted octanol–water partition coefficient (Wildman–Crippen LogP) is 4.66. The highest BCUT2D eigenvalue weighted by atomic mass is 32.2. The number of benzene rings is 3. The van der Waals surface area contributed by atoms with Crippen LogP contribution in [-0.2, 0) is 0 Å². The second-order valence-corrected chi connectivity index (χ2v) is 7.85. The molecule has 1 N–H and O–H groups in total. The van der Waals surface area contributed by atoms with Crippen LogP contribution in [0.2, 0.25) is 0 Å². The number of hydrogen-bond donors (Lipinski definition) is 1. The van der Waals surface area contributed by atoms with Gasteiger partial charge in [-0.15, -0.1) is 11.8 Å². The zero-order valence-electron chi connectivity index (χ0n) is 17.5. The van der Waals surface area contributed by atoms with E-state index >= 15 is 0 Å². The van der Waals surface area contributed by atoms with Crippen LogP contribution >= 0.6 is 11.8 Å². The highest BCUT2D eigenvalue weighted by Gasteiger charge is 2.19. The highest BCUT2D eigenvalue weighted by Crippen LogP contribution is 2.33. The Morgan fingerprint density at radius 1 is 0.938 bits per heavy atom. The van der Waals surface area contributed by atoms with E-state index in [0.29, 0.717) is 39.8 Å². The van der Waals surface area contributed by atoms with Gasteiger partial charge in [0.05, 0.1) is 20.0 Å². The molecule has 0 saturated heterocycles. The molecule has 0 radical (unpaired) electrons. The quantitative estimate of drug-likeness (QED) is 0.394. The van der Waals surface area contributed by atoms with E-state index < -0.39 is 0 Å². The van der Waals surface area contributed by atoms with Crippen LogP contribution < -0.4 is 24.3 Å². The van der Waals surface area contributed by atoms with Gasteiger partial charge in [-0.2, -0.15) is 0 Å². The minimum atomic E-state index is -0.349. The lowest BCUT2D eigenvalue weighted by Gasteiger charge is -2.13. The van der Waals surface area contributed by atoms with Crippen molar-refractivity contribution in [2.45, 2.75) is 4.90 Å². The van der Waals surface area contributed by atoms with Crippen molar-refractivity contribution in [3.63, 3.8) is 0 Å². The normalized spacial score (nSPS) is 11.7. The average Bonchev–Trinajstić information content (AvgIpc) is 3.30. The molecule has 8 heteroatoms. The maximum Gasteiger partial charge on any atom is 0.263 e. The first-order valence-corrected chi connectivity index (χ1v) is 10.8. The van der Waals surface area contributed by atoms with Crippen molar-refractivity contribution in [1.82, 2.24) is 0 Å². The van der Waals surface area contributed by atoms with Gasteiger partial charge in [0.15, 0.2) is 17.3 Å². The van der Waals surface area contributed by atoms with Crippen molar-refractivity contribution < 1.29 is 28.5 Å². The molecule has 1 aliphatic rings. The van der Waals surface area contributed by atoms with Gasteiger partial charge in [-0.3, -0.25) is 9.59 Å². The van der Waals surface area contributed by atoms with Crippen LogP contribution in [0, 0.1) is 0 Å². The van der Waals surface area contributed by atoms with Gasteiger partial charge in [-0.25, -0.2) is 0 Å². The molecule has 3 aromatic rings. The number of Topliss-reactive ketones (excluding diaryl/α,β-unsaturated/α-hetero) is 1. The lowest BCUT2D eigenvalue weighted by atomic mass is 10.1. The Labute approximate surface area is 189 Å². The monoisotopic (exact) mass is 451 g/mol. The molecule has 0 aliphatic carbocycles. The molecule has 1 heterocycles. The third-order valence-electron chi connectivity index (χ3n) is 4.81. The fourth-order valence-electron chi connectivity index (χ4n) is 3.23. The molecular weight excluding hydrogens is 430 g/mol. The number of hydrogen-bond acceptors (Lipinski definition) is 7. The number of nitrogens with one attached hydrogen (secondary N) is 1. The van der Waals surface area contributed by atoms with Crippen LogP contribution in [0.1, 0.15) is 20.7 Å². The summed E-state index contributed by atoms with van der Waals surface area (Å²) >= 11 is 1.39. The van der Waals surface area contributed by atoms with E-state index in [9.17, 15) is 9.59 Å². The molecular formula is C24H21NO6S. The summed E-state index contributed by atoms with van der Waals surface area (Å²) < 4.78 is 21.2. The second-order valence-electron chi connectivity index (χ2n) is 6.80. The van der Waals surface area contributed by atoms with Crippen LogP contribution in [0.3, 0.4) is 0 Å². The minimum absolute atomic E-state index is 0.0264. The zero-order valence-corrected chi connectivity index (χ0v) is 18.4. The fourth-order valence-corrected chi connectivity index (χ4v) is 4.08. The number of thioether (sulfide) groups is 1. The molecule has 0 saturated carbocycles. The molecule has 0 spiro atoms. The van der Waals surface area contributed by atoms with Crippen molar-refractivity contribution in [3.8, 4) is 23.0 Å². The molecule has 0 unspecified atom stereocenters. The number of ketones is 1. The zero-order chi connectivity index (χ0) is 22.5. The molecule has 0 bridgehead atoms. The Bertz CT molecular complexity index is 1140. The van der Waals surface area contributed by atoms with E-state index in [2.05, 4.69) is 5.32 Å². The highest BCUT2D eigenvalue weighted by molar-refractivity contribution is 8.00. The molecule has 0 aromatic heterocycles. The number of rotatable bonds is 8. The summed E-state index contributed by atoms with van der Waals surface area (Å²) in [7, 11) is 3.00. The number of anilines is 1. The van der Waals surface area contributed by atoms with Gasteiger partial charge in [0.25, 0.3) is 5.91 Å². The molecule has 7 nitrogen and oxygen atoms in total. The number of methoxy groups -OCH3 is 2. The molecule has 1 aliphatic heterocycles. The van der Waals surface area contributed by atoms with Crippen molar-refractivity contribution in [1.29, 1.82) is 0 Å². The fraction of sp³-hybridized carbons (Fsp3) is 0.167. The topological polar surface area (TPSA) is 83.1 Å². The third kappa shape index (κ3) is 4.65. The first kappa shape index (κ1) is 21.6. The van der Waals surface area contributed by atoms with E-state index in [4.69, 9.17) is 18.9 Å². The summed E-state index contributed by atoms with van der Waals surface area (Å²) in [6.45, 7) is 0.168. The number of carbonyl (C=O) groups is 2. The van der Waals surface area contributed by atoms with Crippen LogP contribution in [0.15, 0.2) is 65.6 Å². The van der Waals surface area contributed by atoms with Gasteiger partial charge in [0.1, 0.15) is 17.1 Å². The van der Waals surface area contributed by atoms with Gasteiger partial charge >= 0.3 is 0 Å². The number of ether oxygens (including phenoxy) is 4. The van der Waals surface area contributed by atoms with E-state index in [-0.39, 0.29) is 24.2 Å². The second kappa shape index (κ2) is 9.65. The Hall–Kier alpha value is -3.65. The number of carbonyl (C=O) groups excluding carboxylic acids is 2. The van der Waals surface area contributed by atoms with Crippen molar-refractivity contribution in [3.05, 3.63) is 71.8 Å². The Balaban J connectivity index is 1.43. The summed E-state index contributed by atoms with van der Waals surface area (Å²) in [5.74, 6) is 1.93. The first-order chi connectivity index (χ1) is 15.6. The Kier molecular flexibility index (Phi) is 6.51. The van der Waals surface area contributed by atoms with Crippen LogP contribution in [0.25, 0.3) is 0 Å². The average molecular weight is 452 g/mol. The van der Waals surface area contributed by atoms with Gasteiger partial charge in [-0.1, -0.05) is 12.1 Å². The van der Waals surface area contributed by atoms with Crippen LogP contribution in [-0.4, -0.2) is 38.5 Å². The minimum Gasteiger partial charge on any atom is -0.496 e. The largest absolute Gasteiger partial charge is 0.496 e. The maximum absolute atomic E-state index is 12.9. The van der Waals surface area contributed by atoms with Gasteiger partial charge < -0.3 is 24.3 Å². The molecule has 0 atom stereocenters. The standard InChI is InChI=1S/C24H21NO6S/c1-28-20-7-4-8-21(29-2)23(20)24(27)25-16-5-3-6-17(12-16)32-13-18(26)15-9-10-19-22(11-15)31-14-30-19/h3-12H,13-14H2,1-2H3,(H,25,27). The lowest BCUT2D eigenvalue weighted by Crippen LogP contribution is -2.14. The van der Waals surface area contributed by atoms with Crippen molar-refractivity contribution >= 4 is 29.1 Å². The maximum atomic E-state index is 12.9. The lowest BCUT2D eigenvalue weighted by molar-refractivity contribution is 0.101. The first-order valence-electron chi connectivity index (χ1n) is 9.77. The van der Waals surface area contributed by atoms with E-state index in [1.807, 2.05) is 18.2 Å². The molecule has 32 heavy (non-hydrogen) atoms. The van der Waals surface area contributed by atoms with Gasteiger partial charge in [0.2, 0.25) is 6.79 Å². The predicted molar refractivity (Wildman–Crippen MR) is 122 cm³/mol. The summed E-state index contributed by atoms with van der Waals surface area (Å²) in [6.07, 6.45) is 0. The van der Waals surface area contributed by atoms with Crippen LogP contribution in [0.5, 0.6) is 23.0 Å². The third-order valence-corrected chi connectivity index (χ3v) is 5.81. The van der Waals surface area contributed by atoms with Gasteiger partial charge in [0, 0.05) is 16.1 Å². The molecule has 4 rings (SSSR count). The van der Waals surface area contributed by atoms with Crippen molar-refractivity contribution in [2.75, 3.05) is 32.1 Å². The molecule has 1 amide bonds. The summed E-state index contributed by atoms with van der Waals surface area (Å²) in [5.41, 5.74) is 1.48. The molecule has 3 aromatic carbocycles. The van der Waals surface area contributed by atoms with Crippen molar-refractivity contribution in [2.24, 2.45) is 0 Å². The molecule has 0 fully saturated rings. The smallest absolute Gasteiger partial charge is 0.263 e. The van der Waals surface area contributed by atoms with E-state index in [1.54, 1.807) is 42.5 Å². The van der Waals surface area contributed by atoms with Crippen LogP contribution in [0.4, 0.5) is 5.69 Å². The number of amides is 1. The summed E-state index contributed by atoms with van der Waals surface area (Å²) in [4.78, 5) is 26.3.